The van der Waals surface area contributed by atoms with Gasteiger partial charge in [-0.25, -0.2) is 39.9 Å². The van der Waals surface area contributed by atoms with Gasteiger partial charge in [-0.05, 0) is 111 Å². The number of aromatic nitrogens is 8. The van der Waals surface area contributed by atoms with Gasteiger partial charge in [0.1, 0.15) is 41.5 Å². The molecule has 0 saturated carbocycles. The van der Waals surface area contributed by atoms with Crippen LogP contribution in [0.25, 0.3) is 145 Å². The minimum atomic E-state index is -5.68. The van der Waals surface area contributed by atoms with Crippen LogP contribution in [0.5, 0.6) is 11.5 Å². The van der Waals surface area contributed by atoms with Gasteiger partial charge in [-0.2, -0.15) is 52.7 Å². The van der Waals surface area contributed by atoms with Crippen molar-refractivity contribution in [3.05, 3.63) is 225 Å². The van der Waals surface area contributed by atoms with Crippen LogP contribution in [0.2, 0.25) is 0 Å². The van der Waals surface area contributed by atoms with E-state index in [1.807, 2.05) is 62.4 Å². The van der Waals surface area contributed by atoms with Crippen LogP contribution in [0.1, 0.15) is 43.4 Å². The van der Waals surface area contributed by atoms with Crippen LogP contribution in [0, 0.1) is 27.7 Å². The highest BCUT2D eigenvalue weighted by atomic mass is 32.1. The smallest absolute Gasteiger partial charge is 0.411 e. The maximum Gasteiger partial charge on any atom is 0.411 e. The van der Waals surface area contributed by atoms with E-state index in [0.717, 1.165) is 135 Å². The van der Waals surface area contributed by atoms with E-state index in [1.54, 1.807) is 60.0 Å². The van der Waals surface area contributed by atoms with Gasteiger partial charge >= 0.3 is 24.7 Å². The fraction of sp³-hybridized carbons (Fsp3) is 0.128. The molecule has 0 atom stereocenters. The zero-order chi connectivity index (χ0) is 75.5. The average molecular weight is 1610 g/mol. The summed E-state index contributed by atoms with van der Waals surface area (Å²) in [7, 11) is 0. The largest absolute Gasteiger partial charge is 0.507 e. The molecule has 108 heavy (non-hydrogen) atoms. The first-order chi connectivity index (χ1) is 51.3. The van der Waals surface area contributed by atoms with Crippen LogP contribution >= 0.6 is 90.7 Å². The maximum absolute atomic E-state index is 14.6. The number of benzene rings is 10. The van der Waals surface area contributed by atoms with Gasteiger partial charge in [0.2, 0.25) is 10.8 Å². The molecule has 0 spiro atoms. The molecule has 18 aromatic rings. The molecule has 0 aliphatic carbocycles. The van der Waals surface area contributed by atoms with Crippen molar-refractivity contribution < 1.29 is 62.9 Å². The molecule has 8 heterocycles. The molecule has 0 bridgehead atoms. The number of aryl methyl sites for hydroxylation is 4. The van der Waals surface area contributed by atoms with Gasteiger partial charge in [-0.3, -0.25) is 0 Å². The summed E-state index contributed by atoms with van der Waals surface area (Å²) < 4.78 is 182. The van der Waals surface area contributed by atoms with Crippen molar-refractivity contribution in [1.29, 1.82) is 0 Å². The fourth-order valence-corrected chi connectivity index (χ4v) is 21.0. The first-order valence-corrected chi connectivity index (χ1v) is 39.0. The van der Waals surface area contributed by atoms with E-state index in [-0.39, 0.29) is 11.5 Å². The Kier molecular flexibility index (Phi) is 17.0. The van der Waals surface area contributed by atoms with Gasteiger partial charge < -0.3 is 10.2 Å². The van der Waals surface area contributed by atoms with Crippen LogP contribution in [0.4, 0.5) is 52.7 Å². The summed E-state index contributed by atoms with van der Waals surface area (Å²) in [5, 5.41) is 27.8. The quantitative estimate of drug-likeness (QED) is 0.100. The van der Waals surface area contributed by atoms with Gasteiger partial charge in [0.05, 0.1) is 103 Å². The lowest BCUT2D eigenvalue weighted by Crippen LogP contribution is -2.54. The second-order valence-corrected chi connectivity index (χ2v) is 34.2. The van der Waals surface area contributed by atoms with Crippen LogP contribution in [-0.4, -0.2) is 74.8 Å². The summed E-state index contributed by atoms with van der Waals surface area (Å²) in [5.41, 5.74) is -1.47. The molecule has 10 aromatic carbocycles. The number of hydrogen-bond acceptors (Lipinski definition) is 18. The van der Waals surface area contributed by atoms with E-state index in [4.69, 9.17) is 24.9 Å². The number of aromatic hydroxyl groups is 2. The molecule has 30 heteroatoms. The van der Waals surface area contributed by atoms with E-state index in [9.17, 15) is 62.9 Å². The predicted octanol–water partition coefficient (Wildman–Crippen LogP) is 25.7. The number of alkyl halides is 12. The second-order valence-electron chi connectivity index (χ2n) is 25.6. The standard InChI is InChI=1S/C39H22F6N4O2S4.C39H22F6N4S4/c1-17-3-7-20(8-4-17)37(38(40,41)42,39(43,44)45)21-9-5-19(6-10-21)34-47-25-15-33-27(16-31(25)53-34)49-36(55-33)23-12-28(50)22(11-29(23)51)35-48-26-14-30-24(13-32(26)54-35)46-18(2)52-30;1-19-3-11-24(12-4-19)37(38(40,41)42,39(43,44)45)25-13-9-23(10-14-25)36-49-29-18-32-28(17-33(29)53-36)48-35(52-32)22-7-5-21(6-8-22)34-47-27-16-30-26(15-31(27)51-34)46-20(2)50-30/h3-16,50-51H,1-2H3;3-18H,1-2H3. The number of rotatable bonds is 10. The number of nitrogens with zero attached hydrogens (tertiary/aromatic N) is 8. The van der Waals surface area contributed by atoms with Crippen LogP contribution in [-0.2, 0) is 10.8 Å². The van der Waals surface area contributed by atoms with E-state index in [0.29, 0.717) is 79.4 Å². The van der Waals surface area contributed by atoms with Gasteiger partial charge in [0.25, 0.3) is 0 Å². The Labute approximate surface area is 634 Å². The number of hydrogen-bond donors (Lipinski definition) is 2. The molecule has 0 radical (unpaired) electrons. The normalized spacial score (nSPS) is 12.9. The molecule has 10 nitrogen and oxygen atoms in total. The Hall–Kier alpha value is -9.92. The van der Waals surface area contributed by atoms with E-state index < -0.39 is 57.8 Å². The molecular weight excluding hydrogens is 1570 g/mol. The molecule has 0 aliphatic rings. The third kappa shape index (κ3) is 12.1. The maximum atomic E-state index is 14.6. The summed E-state index contributed by atoms with van der Waals surface area (Å²) in [5.74, 6) is -0.181. The second kappa shape index (κ2) is 25.9. The number of halogens is 12. The summed E-state index contributed by atoms with van der Waals surface area (Å²) in [6, 6.07) is 43.5. The minimum Gasteiger partial charge on any atom is -0.507 e. The van der Waals surface area contributed by atoms with Gasteiger partial charge in [-0.15, -0.1) is 90.7 Å². The predicted molar refractivity (Wildman–Crippen MR) is 412 cm³/mol. The molecule has 0 saturated heterocycles. The third-order valence-electron chi connectivity index (χ3n) is 18.6. The monoisotopic (exact) mass is 1610 g/mol. The summed E-state index contributed by atoms with van der Waals surface area (Å²) in [4.78, 5) is 37.6. The highest BCUT2D eigenvalue weighted by Gasteiger charge is 2.73. The van der Waals surface area contributed by atoms with Crippen molar-refractivity contribution in [3.8, 4) is 74.9 Å². The number of phenols is 2. The van der Waals surface area contributed by atoms with Crippen molar-refractivity contribution in [1.82, 2.24) is 39.9 Å². The Bertz CT molecular complexity index is 6360. The lowest BCUT2D eigenvalue weighted by molar-refractivity contribution is -0.290. The lowest BCUT2D eigenvalue weighted by atomic mass is 9.72. The first kappa shape index (κ1) is 71.0. The van der Waals surface area contributed by atoms with Crippen molar-refractivity contribution >= 4 is 172 Å². The van der Waals surface area contributed by atoms with Crippen molar-refractivity contribution in [2.24, 2.45) is 0 Å². The van der Waals surface area contributed by atoms with E-state index in [1.165, 1.54) is 117 Å². The average Bonchev–Trinajstić information content (AvgIpc) is 1.55. The molecule has 0 fully saturated rings. The Morgan fingerprint density at radius 1 is 0.241 bits per heavy atom. The summed E-state index contributed by atoms with van der Waals surface area (Å²) in [6.07, 6.45) is -22.7. The van der Waals surface area contributed by atoms with Crippen molar-refractivity contribution in [2.75, 3.05) is 0 Å². The summed E-state index contributed by atoms with van der Waals surface area (Å²) >= 11 is 11.5. The molecule has 0 unspecified atom stereocenters. The molecule has 540 valence electrons. The van der Waals surface area contributed by atoms with Gasteiger partial charge in [0, 0.05) is 22.3 Å². The molecule has 8 aromatic heterocycles. The van der Waals surface area contributed by atoms with Gasteiger partial charge in [-0.1, -0.05) is 132 Å². The van der Waals surface area contributed by atoms with Crippen molar-refractivity contribution in [2.45, 2.75) is 63.2 Å². The Balaban J connectivity index is 0.000000158. The van der Waals surface area contributed by atoms with E-state index in [2.05, 4.69) is 27.1 Å². The van der Waals surface area contributed by atoms with Crippen molar-refractivity contribution in [3.63, 3.8) is 0 Å². The van der Waals surface area contributed by atoms with Crippen LogP contribution in [0.15, 0.2) is 182 Å². The van der Waals surface area contributed by atoms with Crippen LogP contribution in [0.3, 0.4) is 0 Å². The summed E-state index contributed by atoms with van der Waals surface area (Å²) in [6.45, 7) is 7.13. The first-order valence-electron chi connectivity index (χ1n) is 32.4. The van der Waals surface area contributed by atoms with Gasteiger partial charge in [0.15, 0.2) is 0 Å². The topological polar surface area (TPSA) is 144 Å². The molecule has 0 aliphatic heterocycles. The zero-order valence-electron chi connectivity index (χ0n) is 55.6. The Morgan fingerprint density at radius 2 is 0.435 bits per heavy atom. The molecular formula is C78H44F12N8O2S8. The number of fused-ring (bicyclic) bond motifs is 8. The highest BCUT2D eigenvalue weighted by molar-refractivity contribution is 7.25. The molecule has 0 amide bonds. The zero-order valence-corrected chi connectivity index (χ0v) is 62.1. The van der Waals surface area contributed by atoms with E-state index >= 15 is 0 Å². The minimum absolute atomic E-state index is 0.0817. The lowest BCUT2D eigenvalue weighted by Gasteiger charge is -2.38. The Morgan fingerprint density at radius 3 is 0.676 bits per heavy atom. The number of thiazole rings is 8. The fourth-order valence-electron chi connectivity index (χ4n) is 13.3. The number of phenolic OH excluding ortho intramolecular Hbond substituents is 2. The molecule has 18 rings (SSSR count). The van der Waals surface area contributed by atoms with Crippen LogP contribution < -0.4 is 0 Å². The highest BCUT2D eigenvalue weighted by Crippen LogP contribution is 2.59. The molecule has 2 N–H and O–H groups in total. The third-order valence-corrected chi connectivity index (χ3v) is 26.8. The SMILES string of the molecule is Cc1ccc(C(c2ccc(-c3nc4cc5sc(-c6cc(O)c(-c7nc8cc9sc(C)nc9cc8s7)cc6O)nc5cc4s3)cc2)(C(F)(F)F)C(F)(F)F)cc1.Cc1ccc(C(c2ccc(-c3nc4cc5sc(-c6ccc(-c7nc8cc9sc(C)nc9cc8s7)cc6)nc5cc4s3)cc2)(C(F)(F)F)C(F)(F)F)cc1.